The molecule has 0 fully saturated rings. The number of anilines is 2. The molecule has 2 heterocycles. The van der Waals surface area contributed by atoms with Crippen molar-refractivity contribution in [1.29, 1.82) is 0 Å². The first-order valence-electron chi connectivity index (χ1n) is 9.76. The minimum atomic E-state index is -1.32. The predicted molar refractivity (Wildman–Crippen MR) is 114 cm³/mol. The lowest BCUT2D eigenvalue weighted by atomic mass is 9.92. The van der Waals surface area contributed by atoms with E-state index in [0.29, 0.717) is 17.0 Å². The summed E-state index contributed by atoms with van der Waals surface area (Å²) in [5.74, 6) is 0.279. The molecule has 3 aromatic carbocycles. The van der Waals surface area contributed by atoms with Gasteiger partial charge in [0.2, 0.25) is 5.66 Å². The van der Waals surface area contributed by atoms with Gasteiger partial charge >= 0.3 is 0 Å². The number of rotatable bonds is 3. The maximum atomic E-state index is 13.7. The second kappa shape index (κ2) is 6.62. The van der Waals surface area contributed by atoms with Crippen molar-refractivity contribution in [1.82, 2.24) is 4.90 Å². The molecule has 1 spiro atoms. The summed E-state index contributed by atoms with van der Waals surface area (Å²) < 4.78 is 5.51. The van der Waals surface area contributed by atoms with Crippen LogP contribution in [-0.2, 0) is 17.0 Å². The van der Waals surface area contributed by atoms with Crippen LogP contribution in [0.15, 0.2) is 72.8 Å². The first-order valence-corrected chi connectivity index (χ1v) is 9.76. The molecule has 30 heavy (non-hydrogen) atoms. The van der Waals surface area contributed by atoms with Crippen molar-refractivity contribution < 1.29 is 14.3 Å². The molecule has 1 atom stereocenters. The SMILES string of the molecule is COc1ccccc1CN1C(=O)c2ccccc2N[C@@]12C(=O)N(C)c1ccccc12. The lowest BCUT2D eigenvalue weighted by Crippen LogP contribution is -2.61. The minimum Gasteiger partial charge on any atom is -0.496 e. The summed E-state index contributed by atoms with van der Waals surface area (Å²) in [4.78, 5) is 30.6. The number of para-hydroxylation sites is 3. The highest BCUT2D eigenvalue weighted by Crippen LogP contribution is 2.48. The quantitative estimate of drug-likeness (QED) is 0.731. The Kier molecular flexibility index (Phi) is 4.03. The van der Waals surface area contributed by atoms with Crippen LogP contribution in [0.1, 0.15) is 21.5 Å². The molecule has 5 rings (SSSR count). The molecule has 1 N–H and O–H groups in total. The van der Waals surface area contributed by atoms with E-state index in [-0.39, 0.29) is 18.4 Å². The number of benzene rings is 3. The number of carbonyl (C=O) groups is 2. The Morgan fingerprint density at radius 3 is 2.47 bits per heavy atom. The molecule has 2 aliphatic rings. The molecule has 2 amide bonds. The minimum absolute atomic E-state index is 0.193. The molecule has 150 valence electrons. The summed E-state index contributed by atoms with van der Waals surface area (Å²) in [5, 5.41) is 3.42. The van der Waals surface area contributed by atoms with Crippen LogP contribution in [0, 0.1) is 0 Å². The largest absolute Gasteiger partial charge is 0.496 e. The second-order valence-corrected chi connectivity index (χ2v) is 7.47. The number of ether oxygens (including phenoxy) is 1. The van der Waals surface area contributed by atoms with Gasteiger partial charge in [0.05, 0.1) is 24.9 Å². The molecular weight excluding hydrogens is 378 g/mol. The number of nitrogens with one attached hydrogen (secondary N) is 1. The van der Waals surface area contributed by atoms with E-state index in [2.05, 4.69) is 5.32 Å². The van der Waals surface area contributed by atoms with Crippen molar-refractivity contribution in [2.75, 3.05) is 24.4 Å². The van der Waals surface area contributed by atoms with Crippen molar-refractivity contribution in [3.05, 3.63) is 89.5 Å². The number of hydrogen-bond acceptors (Lipinski definition) is 4. The van der Waals surface area contributed by atoms with Crippen LogP contribution in [0.3, 0.4) is 0 Å². The van der Waals surface area contributed by atoms with Gasteiger partial charge in [-0.2, -0.15) is 0 Å². The average Bonchev–Trinajstić information content (AvgIpc) is 2.99. The number of methoxy groups -OCH3 is 1. The Balaban J connectivity index is 1.74. The summed E-state index contributed by atoms with van der Waals surface area (Å²) in [6, 6.07) is 22.4. The van der Waals surface area contributed by atoms with Gasteiger partial charge < -0.3 is 15.0 Å². The first-order chi connectivity index (χ1) is 14.6. The highest BCUT2D eigenvalue weighted by molar-refractivity contribution is 6.15. The highest BCUT2D eigenvalue weighted by atomic mass is 16.5. The van der Waals surface area contributed by atoms with Crippen LogP contribution in [0.25, 0.3) is 0 Å². The lowest BCUT2D eigenvalue weighted by Gasteiger charge is -2.45. The Bertz CT molecular complexity index is 1180. The smallest absolute Gasteiger partial charge is 0.278 e. The van der Waals surface area contributed by atoms with E-state index in [1.54, 1.807) is 30.0 Å². The van der Waals surface area contributed by atoms with Crippen molar-refractivity contribution >= 4 is 23.2 Å². The van der Waals surface area contributed by atoms with Gasteiger partial charge in [-0.05, 0) is 24.3 Å². The lowest BCUT2D eigenvalue weighted by molar-refractivity contribution is -0.127. The van der Waals surface area contributed by atoms with E-state index in [0.717, 1.165) is 16.8 Å². The van der Waals surface area contributed by atoms with Crippen LogP contribution in [0.2, 0.25) is 0 Å². The molecule has 6 heteroatoms. The zero-order chi connectivity index (χ0) is 20.9. The topological polar surface area (TPSA) is 61.9 Å². The fourth-order valence-corrected chi connectivity index (χ4v) is 4.45. The van der Waals surface area contributed by atoms with Gasteiger partial charge in [0.1, 0.15) is 5.75 Å². The monoisotopic (exact) mass is 399 g/mol. The van der Waals surface area contributed by atoms with Crippen molar-refractivity contribution in [3.63, 3.8) is 0 Å². The number of nitrogens with zero attached hydrogens (tertiary/aromatic N) is 2. The van der Waals surface area contributed by atoms with E-state index in [9.17, 15) is 9.59 Å². The van der Waals surface area contributed by atoms with Gasteiger partial charge in [-0.1, -0.05) is 48.5 Å². The molecule has 0 aliphatic carbocycles. The van der Waals surface area contributed by atoms with Gasteiger partial charge in [-0.25, -0.2) is 0 Å². The van der Waals surface area contributed by atoms with E-state index in [4.69, 9.17) is 4.74 Å². The highest BCUT2D eigenvalue weighted by Gasteiger charge is 2.58. The van der Waals surface area contributed by atoms with Crippen LogP contribution in [0.5, 0.6) is 5.75 Å². The predicted octanol–water partition coefficient (Wildman–Crippen LogP) is 3.59. The maximum absolute atomic E-state index is 13.7. The maximum Gasteiger partial charge on any atom is 0.278 e. The zero-order valence-corrected chi connectivity index (χ0v) is 16.8. The van der Waals surface area contributed by atoms with Crippen LogP contribution in [-0.4, -0.2) is 30.9 Å². The first kappa shape index (κ1) is 18.2. The number of likely N-dealkylation sites (N-methyl/N-ethyl adjacent to an activating group) is 1. The Labute approximate surface area is 174 Å². The molecule has 2 aliphatic heterocycles. The van der Waals surface area contributed by atoms with E-state index in [1.165, 1.54) is 0 Å². The van der Waals surface area contributed by atoms with Crippen molar-refractivity contribution in [2.45, 2.75) is 12.2 Å². The standard InChI is InChI=1S/C24H21N3O3/c1-26-20-13-7-5-11-18(20)24(23(26)29)25-19-12-6-4-10-17(19)22(28)27(24)15-16-9-3-8-14-21(16)30-2/h3-14,25H,15H2,1-2H3/t24-/m1/s1. The normalized spacial score (nSPS) is 19.5. The number of amides is 2. The summed E-state index contributed by atoms with van der Waals surface area (Å²) in [5.41, 5.74) is 2.24. The summed E-state index contributed by atoms with van der Waals surface area (Å²) in [7, 11) is 3.34. The fraction of sp³-hybridized carbons (Fsp3) is 0.167. The van der Waals surface area contributed by atoms with Crippen LogP contribution < -0.4 is 15.0 Å². The van der Waals surface area contributed by atoms with E-state index < -0.39 is 5.66 Å². The fourth-order valence-electron chi connectivity index (χ4n) is 4.45. The third-order valence-electron chi connectivity index (χ3n) is 5.91. The second-order valence-electron chi connectivity index (χ2n) is 7.47. The number of hydrogen-bond donors (Lipinski definition) is 1. The molecule has 0 saturated carbocycles. The summed E-state index contributed by atoms with van der Waals surface area (Å²) >= 11 is 0. The van der Waals surface area contributed by atoms with Gasteiger partial charge in [0.15, 0.2) is 0 Å². The zero-order valence-electron chi connectivity index (χ0n) is 16.8. The molecule has 0 saturated heterocycles. The average molecular weight is 399 g/mol. The summed E-state index contributed by atoms with van der Waals surface area (Å²) in [6.07, 6.45) is 0. The third kappa shape index (κ3) is 2.37. The molecule has 6 nitrogen and oxygen atoms in total. The van der Waals surface area contributed by atoms with Gasteiger partial charge in [-0.15, -0.1) is 0 Å². The van der Waals surface area contributed by atoms with Crippen LogP contribution >= 0.6 is 0 Å². The number of carbonyl (C=O) groups excluding carboxylic acids is 2. The number of fused-ring (bicyclic) bond motifs is 3. The van der Waals surface area contributed by atoms with Gasteiger partial charge in [0.25, 0.3) is 11.8 Å². The molecule has 3 aromatic rings. The molecule has 0 bridgehead atoms. The van der Waals surface area contributed by atoms with E-state index in [1.807, 2.05) is 66.7 Å². The van der Waals surface area contributed by atoms with Crippen molar-refractivity contribution in [3.8, 4) is 5.75 Å². The van der Waals surface area contributed by atoms with Gasteiger partial charge in [0, 0.05) is 23.9 Å². The Hall–Kier alpha value is -3.80. The third-order valence-corrected chi connectivity index (χ3v) is 5.91. The van der Waals surface area contributed by atoms with E-state index >= 15 is 0 Å². The molecular formula is C24H21N3O3. The summed E-state index contributed by atoms with van der Waals surface area (Å²) in [6.45, 7) is 0.220. The van der Waals surface area contributed by atoms with Crippen LogP contribution in [0.4, 0.5) is 11.4 Å². The molecule has 0 aromatic heterocycles. The molecule has 0 radical (unpaired) electrons. The van der Waals surface area contributed by atoms with Crippen molar-refractivity contribution in [2.24, 2.45) is 0 Å². The Morgan fingerprint density at radius 1 is 0.933 bits per heavy atom. The Morgan fingerprint density at radius 2 is 1.63 bits per heavy atom. The molecule has 0 unspecified atom stereocenters. The van der Waals surface area contributed by atoms with Gasteiger partial charge in [-0.3, -0.25) is 14.5 Å².